The van der Waals surface area contributed by atoms with Crippen LogP contribution in [-0.2, 0) is 4.79 Å². The number of thioether (sulfide) groups is 1. The largest absolute Gasteiger partial charge is 0.352 e. The third-order valence-corrected chi connectivity index (χ3v) is 3.14. The summed E-state index contributed by atoms with van der Waals surface area (Å²) in [6.45, 7) is 4.01. The van der Waals surface area contributed by atoms with Crippen molar-refractivity contribution in [3.8, 4) is 11.4 Å². The molecule has 0 aliphatic carbocycles. The van der Waals surface area contributed by atoms with E-state index in [9.17, 15) is 4.79 Å². The van der Waals surface area contributed by atoms with E-state index in [0.717, 1.165) is 5.56 Å². The number of benzene rings is 1. The van der Waals surface area contributed by atoms with Gasteiger partial charge in [0.2, 0.25) is 11.1 Å². The highest BCUT2D eigenvalue weighted by Gasteiger charge is 2.08. The van der Waals surface area contributed by atoms with Gasteiger partial charge in [-0.15, -0.1) is 11.7 Å². The van der Waals surface area contributed by atoms with Crippen LogP contribution in [0.5, 0.6) is 0 Å². The van der Waals surface area contributed by atoms with E-state index in [4.69, 9.17) is 0 Å². The maximum absolute atomic E-state index is 11.4. The number of hydrogen-bond donors (Lipinski definition) is 2. The number of aromatic amines is 1. The van der Waals surface area contributed by atoms with E-state index in [0.29, 0.717) is 23.3 Å². The molecule has 2 rings (SSSR count). The lowest BCUT2D eigenvalue weighted by molar-refractivity contribution is -0.118. The van der Waals surface area contributed by atoms with Gasteiger partial charge in [-0.25, -0.2) is 4.98 Å². The van der Waals surface area contributed by atoms with Crippen molar-refractivity contribution in [2.45, 2.75) is 5.16 Å². The molecular weight excluding hydrogens is 260 g/mol. The van der Waals surface area contributed by atoms with Crippen LogP contribution in [0.3, 0.4) is 0 Å². The van der Waals surface area contributed by atoms with Crippen molar-refractivity contribution in [2.75, 3.05) is 12.3 Å². The molecule has 0 saturated heterocycles. The second kappa shape index (κ2) is 6.75. The molecule has 0 spiro atoms. The minimum atomic E-state index is -0.0593. The number of carbonyl (C=O) groups excluding carboxylic acids is 1. The molecule has 98 valence electrons. The molecule has 0 atom stereocenters. The van der Waals surface area contributed by atoms with Crippen LogP contribution in [0.4, 0.5) is 0 Å². The number of nitrogens with zero attached hydrogens (tertiary/aromatic N) is 2. The summed E-state index contributed by atoms with van der Waals surface area (Å²) in [5.74, 6) is 0.936. The third kappa shape index (κ3) is 3.96. The summed E-state index contributed by atoms with van der Waals surface area (Å²) in [5, 5.41) is 10.2. The van der Waals surface area contributed by atoms with E-state index in [-0.39, 0.29) is 5.91 Å². The Balaban J connectivity index is 1.91. The second-order valence-corrected chi connectivity index (χ2v) is 4.66. The van der Waals surface area contributed by atoms with Crippen LogP contribution in [-0.4, -0.2) is 33.4 Å². The van der Waals surface area contributed by atoms with Gasteiger partial charge in [-0.3, -0.25) is 9.89 Å². The van der Waals surface area contributed by atoms with Crippen LogP contribution in [0.25, 0.3) is 11.4 Å². The standard InChI is InChI=1S/C13H14N4OS/c1-2-8-14-11(18)9-19-13-15-12(16-17-13)10-6-4-3-5-7-10/h2-7H,1,8-9H2,(H,14,18)(H,15,16,17). The van der Waals surface area contributed by atoms with Gasteiger partial charge in [-0.1, -0.05) is 48.2 Å². The van der Waals surface area contributed by atoms with Crippen LogP contribution in [0.1, 0.15) is 0 Å². The van der Waals surface area contributed by atoms with Crippen LogP contribution < -0.4 is 5.32 Å². The monoisotopic (exact) mass is 274 g/mol. The second-order valence-electron chi connectivity index (χ2n) is 3.71. The first kappa shape index (κ1) is 13.4. The maximum atomic E-state index is 11.4. The Bertz CT molecular complexity index is 553. The van der Waals surface area contributed by atoms with E-state index < -0.39 is 0 Å². The van der Waals surface area contributed by atoms with Crippen LogP contribution >= 0.6 is 11.8 Å². The van der Waals surface area contributed by atoms with Crippen LogP contribution in [0, 0.1) is 0 Å². The highest BCUT2D eigenvalue weighted by Crippen LogP contribution is 2.18. The molecule has 0 aliphatic heterocycles. The summed E-state index contributed by atoms with van der Waals surface area (Å²) >= 11 is 1.29. The number of hydrogen-bond acceptors (Lipinski definition) is 4. The number of aromatic nitrogens is 3. The summed E-state index contributed by atoms with van der Waals surface area (Å²) in [5.41, 5.74) is 0.970. The number of carbonyl (C=O) groups is 1. The number of H-pyrrole nitrogens is 1. The zero-order valence-corrected chi connectivity index (χ0v) is 11.1. The average Bonchev–Trinajstić information content (AvgIpc) is 2.93. The van der Waals surface area contributed by atoms with Crippen molar-refractivity contribution in [3.63, 3.8) is 0 Å². The summed E-state index contributed by atoms with van der Waals surface area (Å²) < 4.78 is 0. The highest BCUT2D eigenvalue weighted by molar-refractivity contribution is 7.99. The molecule has 0 aliphatic rings. The molecule has 0 radical (unpaired) electrons. The Morgan fingerprint density at radius 1 is 1.42 bits per heavy atom. The molecule has 2 N–H and O–H groups in total. The minimum Gasteiger partial charge on any atom is -0.352 e. The highest BCUT2D eigenvalue weighted by atomic mass is 32.2. The smallest absolute Gasteiger partial charge is 0.230 e. The van der Waals surface area contributed by atoms with E-state index >= 15 is 0 Å². The van der Waals surface area contributed by atoms with Gasteiger partial charge in [0.05, 0.1) is 5.75 Å². The van der Waals surface area contributed by atoms with E-state index in [1.165, 1.54) is 11.8 Å². The predicted molar refractivity (Wildman–Crippen MR) is 75.7 cm³/mol. The number of amides is 1. The molecule has 1 aromatic carbocycles. The normalized spacial score (nSPS) is 10.1. The van der Waals surface area contributed by atoms with Gasteiger partial charge >= 0.3 is 0 Å². The molecule has 1 aromatic heterocycles. The zero-order valence-electron chi connectivity index (χ0n) is 10.3. The molecular formula is C13H14N4OS. The average molecular weight is 274 g/mol. The van der Waals surface area contributed by atoms with Crippen LogP contribution in [0.15, 0.2) is 48.1 Å². The SMILES string of the molecule is C=CCNC(=O)CSc1n[nH]c(-c2ccccc2)n1. The summed E-state index contributed by atoms with van der Waals surface area (Å²) in [4.78, 5) is 15.7. The van der Waals surface area contributed by atoms with Crippen molar-refractivity contribution < 1.29 is 4.79 Å². The van der Waals surface area contributed by atoms with Crippen molar-refractivity contribution in [3.05, 3.63) is 43.0 Å². The zero-order chi connectivity index (χ0) is 13.5. The van der Waals surface area contributed by atoms with E-state index in [1.54, 1.807) is 6.08 Å². The number of rotatable bonds is 6. The topological polar surface area (TPSA) is 70.7 Å². The summed E-state index contributed by atoms with van der Waals surface area (Å²) in [7, 11) is 0. The molecule has 5 nitrogen and oxygen atoms in total. The van der Waals surface area contributed by atoms with Crippen molar-refractivity contribution >= 4 is 17.7 Å². The molecule has 0 unspecified atom stereocenters. The Kier molecular flexibility index (Phi) is 4.74. The van der Waals surface area contributed by atoms with Gasteiger partial charge in [0.25, 0.3) is 0 Å². The van der Waals surface area contributed by atoms with Gasteiger partial charge in [0, 0.05) is 12.1 Å². The first-order valence-electron chi connectivity index (χ1n) is 5.78. The molecule has 0 fully saturated rings. The Labute approximate surface area is 115 Å². The maximum Gasteiger partial charge on any atom is 0.230 e. The Hall–Kier alpha value is -2.08. The van der Waals surface area contributed by atoms with Crippen LogP contribution in [0.2, 0.25) is 0 Å². The van der Waals surface area contributed by atoms with Crippen molar-refractivity contribution in [1.29, 1.82) is 0 Å². The molecule has 6 heteroatoms. The quantitative estimate of drug-likeness (QED) is 0.623. The van der Waals surface area contributed by atoms with Crippen molar-refractivity contribution in [2.24, 2.45) is 0 Å². The summed E-state index contributed by atoms with van der Waals surface area (Å²) in [6.07, 6.45) is 1.64. The molecule has 0 saturated carbocycles. The van der Waals surface area contributed by atoms with Gasteiger partial charge in [0.1, 0.15) is 0 Å². The molecule has 19 heavy (non-hydrogen) atoms. The molecule has 1 amide bonds. The Morgan fingerprint density at radius 2 is 2.21 bits per heavy atom. The lowest BCUT2D eigenvalue weighted by Crippen LogP contribution is -2.24. The molecule has 0 bridgehead atoms. The van der Waals surface area contributed by atoms with Gasteiger partial charge in [0.15, 0.2) is 5.82 Å². The van der Waals surface area contributed by atoms with Gasteiger partial charge in [-0.05, 0) is 0 Å². The molecule has 2 aromatic rings. The fourth-order valence-electron chi connectivity index (χ4n) is 1.40. The lowest BCUT2D eigenvalue weighted by Gasteiger charge is -1.98. The first-order chi connectivity index (χ1) is 9.29. The third-order valence-electron chi connectivity index (χ3n) is 2.29. The number of nitrogens with one attached hydrogen (secondary N) is 2. The first-order valence-corrected chi connectivity index (χ1v) is 6.76. The van der Waals surface area contributed by atoms with E-state index in [1.807, 2.05) is 30.3 Å². The molecule has 1 heterocycles. The fraction of sp³-hybridized carbons (Fsp3) is 0.154. The predicted octanol–water partition coefficient (Wildman–Crippen LogP) is 1.87. The van der Waals surface area contributed by atoms with Gasteiger partial charge < -0.3 is 5.32 Å². The summed E-state index contributed by atoms with van der Waals surface area (Å²) in [6, 6.07) is 9.72. The van der Waals surface area contributed by atoms with E-state index in [2.05, 4.69) is 27.1 Å². The Morgan fingerprint density at radius 3 is 2.95 bits per heavy atom. The minimum absolute atomic E-state index is 0.0593. The lowest BCUT2D eigenvalue weighted by atomic mass is 10.2. The van der Waals surface area contributed by atoms with Crippen molar-refractivity contribution in [1.82, 2.24) is 20.5 Å². The van der Waals surface area contributed by atoms with Gasteiger partial charge in [-0.2, -0.15) is 0 Å². The fourth-order valence-corrected chi connectivity index (χ4v) is 2.03.